The Bertz CT molecular complexity index is 2250. The molecule has 2 amide bonds. The largest absolute Gasteiger partial charge is 0.497 e. The number of carboxylic acid groups (broad SMARTS) is 1. The van der Waals surface area contributed by atoms with Gasteiger partial charge in [0.2, 0.25) is 5.91 Å². The molecule has 58 heavy (non-hydrogen) atoms. The molecule has 0 spiro atoms. The third-order valence-electron chi connectivity index (χ3n) is 10.1. The predicted molar refractivity (Wildman–Crippen MR) is 216 cm³/mol. The maximum atomic E-state index is 13.6. The van der Waals surface area contributed by atoms with Gasteiger partial charge in [-0.05, 0) is 102 Å². The molecular weight excluding hydrogens is 746 g/mol. The van der Waals surface area contributed by atoms with Crippen molar-refractivity contribution in [3.05, 3.63) is 148 Å². The lowest BCUT2D eigenvalue weighted by Gasteiger charge is -2.23. The first-order valence-electron chi connectivity index (χ1n) is 19.1. The molecule has 0 saturated heterocycles. The van der Waals surface area contributed by atoms with E-state index in [1.807, 2.05) is 24.5 Å². The Balaban J connectivity index is 1.05. The fourth-order valence-corrected chi connectivity index (χ4v) is 7.14. The molecular formula is C46H45F3N4O5. The first-order chi connectivity index (χ1) is 27.7. The van der Waals surface area contributed by atoms with Gasteiger partial charge in [0.15, 0.2) is 5.82 Å². The molecule has 1 aliphatic rings. The van der Waals surface area contributed by atoms with Crippen molar-refractivity contribution in [2.24, 2.45) is 5.92 Å². The molecule has 0 saturated carbocycles. The number of nitrogens with one attached hydrogen (secondary N) is 1. The van der Waals surface area contributed by atoms with Crippen molar-refractivity contribution >= 4 is 29.0 Å². The number of halogens is 3. The lowest BCUT2D eigenvalue weighted by Crippen LogP contribution is -2.35. The minimum atomic E-state index is -4.68. The number of carboxylic acids is 1. The second-order valence-electron chi connectivity index (χ2n) is 14.9. The Morgan fingerprint density at radius 3 is 2.16 bits per heavy atom. The van der Waals surface area contributed by atoms with Crippen molar-refractivity contribution in [1.82, 2.24) is 14.9 Å². The standard InChI is InChI=1S/C46H45F3N4O5/c1-29(2)22-30-4-8-32(9-5-30)33-12-14-34(15-13-33)38-25-50-44(51-26-38)35-10-6-31(7-11-35)27-53(28-43(55)56)45(57)36-16-19-39(20-17-36)52-42(54)23-37-18-21-40(58-3)24-41(37)46(47,48)49/h4-11,14,16-21,24-26,29,33H,12-13,15,22-23,27-28H2,1-3H3,(H,52,54)(H,55,56). The van der Waals surface area contributed by atoms with Gasteiger partial charge in [0.1, 0.15) is 12.3 Å². The van der Waals surface area contributed by atoms with Crippen molar-refractivity contribution < 1.29 is 37.4 Å². The molecule has 2 N–H and O–H groups in total. The number of nitrogens with zero attached hydrogens (tertiary/aromatic N) is 3. The number of rotatable bonds is 14. The molecule has 0 fully saturated rings. The highest BCUT2D eigenvalue weighted by Gasteiger charge is 2.34. The number of alkyl halides is 3. The van der Waals surface area contributed by atoms with Gasteiger partial charge in [0.25, 0.3) is 5.91 Å². The van der Waals surface area contributed by atoms with Crippen LogP contribution in [0.4, 0.5) is 18.9 Å². The zero-order chi connectivity index (χ0) is 41.4. The van der Waals surface area contributed by atoms with Gasteiger partial charge in [-0.2, -0.15) is 13.2 Å². The Kier molecular flexibility index (Phi) is 13.1. The number of hydrogen-bond donors (Lipinski definition) is 2. The van der Waals surface area contributed by atoms with Gasteiger partial charge in [0, 0.05) is 41.3 Å². The number of carbonyl (C=O) groups excluding carboxylic acids is 2. The molecule has 1 aromatic heterocycles. The molecule has 0 radical (unpaired) electrons. The van der Waals surface area contributed by atoms with E-state index >= 15 is 0 Å². The van der Waals surface area contributed by atoms with E-state index in [1.54, 1.807) is 12.1 Å². The molecule has 0 aliphatic heterocycles. The molecule has 1 atom stereocenters. The average Bonchev–Trinajstić information content (AvgIpc) is 3.21. The highest BCUT2D eigenvalue weighted by atomic mass is 19.4. The number of amides is 2. The van der Waals surface area contributed by atoms with E-state index in [2.05, 4.69) is 59.5 Å². The number of carbonyl (C=O) groups is 3. The quantitative estimate of drug-likeness (QED) is 0.115. The van der Waals surface area contributed by atoms with E-state index < -0.39 is 42.5 Å². The second-order valence-corrected chi connectivity index (χ2v) is 14.9. The number of methoxy groups -OCH3 is 1. The van der Waals surface area contributed by atoms with Crippen molar-refractivity contribution in [1.29, 1.82) is 0 Å². The maximum absolute atomic E-state index is 13.6. The van der Waals surface area contributed by atoms with Crippen molar-refractivity contribution in [2.45, 2.75) is 64.6 Å². The van der Waals surface area contributed by atoms with Crippen LogP contribution < -0.4 is 10.1 Å². The van der Waals surface area contributed by atoms with Crippen LogP contribution in [0.2, 0.25) is 0 Å². The molecule has 5 aromatic rings. The van der Waals surface area contributed by atoms with E-state index in [4.69, 9.17) is 4.74 Å². The second kappa shape index (κ2) is 18.3. The smallest absolute Gasteiger partial charge is 0.416 e. The number of aromatic nitrogens is 2. The molecule has 300 valence electrons. The van der Waals surface area contributed by atoms with Gasteiger partial charge in [-0.1, -0.05) is 74.5 Å². The number of anilines is 1. The third-order valence-corrected chi connectivity index (χ3v) is 10.1. The molecule has 1 unspecified atom stereocenters. The number of aliphatic carboxylic acids is 1. The molecule has 12 heteroatoms. The summed E-state index contributed by atoms with van der Waals surface area (Å²) in [4.78, 5) is 48.3. The van der Waals surface area contributed by atoms with Crippen LogP contribution in [0, 0.1) is 5.92 Å². The Morgan fingerprint density at radius 1 is 0.897 bits per heavy atom. The summed E-state index contributed by atoms with van der Waals surface area (Å²) >= 11 is 0. The topological polar surface area (TPSA) is 122 Å². The number of ether oxygens (including phenoxy) is 1. The fourth-order valence-electron chi connectivity index (χ4n) is 7.14. The number of hydrogen-bond acceptors (Lipinski definition) is 6. The van der Waals surface area contributed by atoms with Crippen LogP contribution in [-0.2, 0) is 35.2 Å². The summed E-state index contributed by atoms with van der Waals surface area (Å²) in [6, 6.07) is 25.4. The van der Waals surface area contributed by atoms with Crippen molar-refractivity contribution in [3.63, 3.8) is 0 Å². The predicted octanol–water partition coefficient (Wildman–Crippen LogP) is 9.63. The van der Waals surface area contributed by atoms with E-state index in [-0.39, 0.29) is 29.1 Å². The highest BCUT2D eigenvalue weighted by molar-refractivity contribution is 5.97. The van der Waals surface area contributed by atoms with Gasteiger partial charge >= 0.3 is 12.1 Å². The fraction of sp³-hybridized carbons (Fsp3) is 0.283. The zero-order valence-corrected chi connectivity index (χ0v) is 32.6. The first-order valence-corrected chi connectivity index (χ1v) is 19.1. The van der Waals surface area contributed by atoms with Crippen LogP contribution in [0.5, 0.6) is 5.75 Å². The Hall–Kier alpha value is -6.30. The van der Waals surface area contributed by atoms with E-state index in [0.717, 1.165) is 42.9 Å². The molecule has 9 nitrogen and oxygen atoms in total. The SMILES string of the molecule is COc1ccc(CC(=O)Nc2ccc(C(=O)N(CC(=O)O)Cc3ccc(-c4ncc(C5=CCC(c6ccc(CC(C)C)cc6)CC5)cn4)cc3)cc2)c(C(F)(F)F)c1. The third kappa shape index (κ3) is 10.8. The summed E-state index contributed by atoms with van der Waals surface area (Å²) in [5.74, 6) is -0.754. The first kappa shape index (κ1) is 41.3. The monoisotopic (exact) mass is 790 g/mol. The lowest BCUT2D eigenvalue weighted by atomic mass is 9.83. The molecule has 6 rings (SSSR count). The summed E-state index contributed by atoms with van der Waals surface area (Å²) in [6.07, 6.45) is 4.82. The number of benzene rings is 4. The average molecular weight is 791 g/mol. The summed E-state index contributed by atoms with van der Waals surface area (Å²) in [6.45, 7) is 3.91. The minimum absolute atomic E-state index is 0.00430. The lowest BCUT2D eigenvalue weighted by molar-refractivity contribution is -0.139. The van der Waals surface area contributed by atoms with Crippen LogP contribution in [0.3, 0.4) is 0 Å². The minimum Gasteiger partial charge on any atom is -0.497 e. The van der Waals surface area contributed by atoms with Crippen LogP contribution >= 0.6 is 0 Å². The van der Waals surface area contributed by atoms with Gasteiger partial charge < -0.3 is 20.1 Å². The summed E-state index contributed by atoms with van der Waals surface area (Å²) in [7, 11) is 1.25. The van der Waals surface area contributed by atoms with Crippen LogP contribution in [0.15, 0.2) is 109 Å². The summed E-state index contributed by atoms with van der Waals surface area (Å²) in [5, 5.41) is 12.1. The van der Waals surface area contributed by atoms with E-state index in [0.29, 0.717) is 23.2 Å². The van der Waals surface area contributed by atoms with Gasteiger partial charge in [-0.15, -0.1) is 0 Å². The molecule has 0 bridgehead atoms. The summed E-state index contributed by atoms with van der Waals surface area (Å²) in [5.41, 5.74) is 5.67. The van der Waals surface area contributed by atoms with Gasteiger partial charge in [0.05, 0.1) is 19.1 Å². The van der Waals surface area contributed by atoms with Crippen molar-refractivity contribution in [2.75, 3.05) is 19.0 Å². The maximum Gasteiger partial charge on any atom is 0.416 e. The molecule has 1 heterocycles. The van der Waals surface area contributed by atoms with E-state index in [9.17, 15) is 32.7 Å². The van der Waals surface area contributed by atoms with Crippen LogP contribution in [0.1, 0.15) is 82.8 Å². The zero-order valence-electron chi connectivity index (χ0n) is 32.6. The van der Waals surface area contributed by atoms with Gasteiger partial charge in [-0.3, -0.25) is 14.4 Å². The Labute approximate surface area is 335 Å². The van der Waals surface area contributed by atoms with E-state index in [1.165, 1.54) is 65.1 Å². The Morgan fingerprint density at radius 2 is 1.57 bits per heavy atom. The normalized spacial score (nSPS) is 14.1. The summed E-state index contributed by atoms with van der Waals surface area (Å²) < 4.78 is 45.7. The van der Waals surface area contributed by atoms with Gasteiger partial charge in [-0.25, -0.2) is 9.97 Å². The number of allylic oxidation sites excluding steroid dienone is 2. The highest BCUT2D eigenvalue weighted by Crippen LogP contribution is 2.37. The molecule has 1 aliphatic carbocycles. The molecule has 4 aromatic carbocycles. The van der Waals surface area contributed by atoms with Crippen molar-refractivity contribution in [3.8, 4) is 17.1 Å². The van der Waals surface area contributed by atoms with Crippen LogP contribution in [0.25, 0.3) is 17.0 Å². The van der Waals surface area contributed by atoms with Crippen LogP contribution in [-0.4, -0.2) is 51.4 Å².